The van der Waals surface area contributed by atoms with Gasteiger partial charge < -0.3 is 10.0 Å². The van der Waals surface area contributed by atoms with Gasteiger partial charge in [0, 0.05) is 38.1 Å². The highest BCUT2D eigenvalue weighted by molar-refractivity contribution is 5.78. The average Bonchev–Trinajstić information content (AvgIpc) is 2.49. The number of likely N-dealkylation sites (N-methyl/N-ethyl adjacent to an activating group) is 1. The molecule has 4 heteroatoms. The van der Waals surface area contributed by atoms with Gasteiger partial charge >= 0.3 is 0 Å². The molecular weight excluding hydrogens is 250 g/mol. The first kappa shape index (κ1) is 13.5. The van der Waals surface area contributed by atoms with E-state index in [-0.39, 0.29) is 0 Å². The van der Waals surface area contributed by atoms with E-state index < -0.39 is 6.10 Å². The Labute approximate surface area is 119 Å². The third-order valence-corrected chi connectivity index (χ3v) is 3.99. The molecule has 1 fully saturated rings. The van der Waals surface area contributed by atoms with Crippen molar-refractivity contribution >= 4 is 10.9 Å². The Balaban J connectivity index is 1.70. The molecule has 1 aliphatic heterocycles. The molecule has 1 saturated heterocycles. The molecule has 0 spiro atoms. The Morgan fingerprint density at radius 3 is 2.65 bits per heavy atom. The standard InChI is InChI=1S/C16H21N3O/c1-18-8-10-19(11-9-18)12-16(20)15-7-6-13-4-2-3-5-14(13)17-15/h2-7,16,20H,8-12H2,1H3. The van der Waals surface area contributed by atoms with Gasteiger partial charge in [-0.05, 0) is 19.2 Å². The highest BCUT2D eigenvalue weighted by Crippen LogP contribution is 2.18. The molecule has 3 rings (SSSR count). The van der Waals surface area contributed by atoms with Gasteiger partial charge in [-0.2, -0.15) is 0 Å². The summed E-state index contributed by atoms with van der Waals surface area (Å²) in [5.74, 6) is 0. The minimum atomic E-state index is -0.511. The number of pyridine rings is 1. The first-order chi connectivity index (χ1) is 9.72. The van der Waals surface area contributed by atoms with Gasteiger partial charge in [0.1, 0.15) is 6.10 Å². The molecule has 1 unspecified atom stereocenters. The molecule has 0 aliphatic carbocycles. The van der Waals surface area contributed by atoms with Gasteiger partial charge in [-0.1, -0.05) is 24.3 Å². The maximum absolute atomic E-state index is 10.4. The van der Waals surface area contributed by atoms with Crippen molar-refractivity contribution in [2.45, 2.75) is 6.10 Å². The van der Waals surface area contributed by atoms with E-state index in [9.17, 15) is 5.11 Å². The molecule has 2 heterocycles. The molecule has 1 aromatic heterocycles. The van der Waals surface area contributed by atoms with Crippen molar-refractivity contribution in [2.75, 3.05) is 39.8 Å². The van der Waals surface area contributed by atoms with Crippen LogP contribution in [0.5, 0.6) is 0 Å². The summed E-state index contributed by atoms with van der Waals surface area (Å²) in [5.41, 5.74) is 1.71. The summed E-state index contributed by atoms with van der Waals surface area (Å²) in [6.45, 7) is 4.83. The SMILES string of the molecule is CN1CCN(CC(O)c2ccc3ccccc3n2)CC1. The number of hydrogen-bond acceptors (Lipinski definition) is 4. The molecule has 0 radical (unpaired) electrons. The lowest BCUT2D eigenvalue weighted by Crippen LogP contribution is -2.45. The van der Waals surface area contributed by atoms with Crippen LogP contribution in [0.4, 0.5) is 0 Å². The normalized spacial score (nSPS) is 19.3. The molecule has 4 nitrogen and oxygen atoms in total. The van der Waals surface area contributed by atoms with E-state index in [2.05, 4.69) is 21.8 Å². The van der Waals surface area contributed by atoms with Crippen molar-refractivity contribution < 1.29 is 5.11 Å². The summed E-state index contributed by atoms with van der Waals surface area (Å²) in [6.07, 6.45) is -0.511. The number of rotatable bonds is 3. The number of para-hydroxylation sites is 1. The second-order valence-electron chi connectivity index (χ2n) is 5.55. The fourth-order valence-electron chi connectivity index (χ4n) is 2.64. The van der Waals surface area contributed by atoms with Gasteiger partial charge in [-0.25, -0.2) is 0 Å². The second-order valence-corrected chi connectivity index (χ2v) is 5.55. The van der Waals surface area contributed by atoms with Gasteiger partial charge in [0.25, 0.3) is 0 Å². The van der Waals surface area contributed by atoms with Crippen LogP contribution >= 0.6 is 0 Å². The van der Waals surface area contributed by atoms with E-state index in [0.717, 1.165) is 42.8 Å². The van der Waals surface area contributed by atoms with Crippen LogP contribution in [0.1, 0.15) is 11.8 Å². The lowest BCUT2D eigenvalue weighted by Gasteiger charge is -2.33. The zero-order chi connectivity index (χ0) is 13.9. The first-order valence-electron chi connectivity index (χ1n) is 7.17. The summed E-state index contributed by atoms with van der Waals surface area (Å²) in [7, 11) is 2.14. The highest BCUT2D eigenvalue weighted by Gasteiger charge is 2.18. The number of aromatic nitrogens is 1. The van der Waals surface area contributed by atoms with Crippen molar-refractivity contribution in [2.24, 2.45) is 0 Å². The van der Waals surface area contributed by atoms with E-state index in [1.54, 1.807) is 0 Å². The largest absolute Gasteiger partial charge is 0.385 e. The minimum Gasteiger partial charge on any atom is -0.385 e. The Hall–Kier alpha value is -1.49. The summed E-state index contributed by atoms with van der Waals surface area (Å²) in [6, 6.07) is 12.0. The van der Waals surface area contributed by atoms with Crippen LogP contribution in [-0.4, -0.2) is 59.7 Å². The second kappa shape index (κ2) is 5.87. The van der Waals surface area contributed by atoms with E-state index in [1.807, 2.05) is 36.4 Å². The van der Waals surface area contributed by atoms with Crippen LogP contribution in [0.3, 0.4) is 0 Å². The fourth-order valence-corrected chi connectivity index (χ4v) is 2.64. The molecule has 1 atom stereocenters. The number of piperazine rings is 1. The third-order valence-electron chi connectivity index (χ3n) is 3.99. The minimum absolute atomic E-state index is 0.511. The Bertz CT molecular complexity index is 579. The number of benzene rings is 1. The van der Waals surface area contributed by atoms with Crippen molar-refractivity contribution in [3.05, 3.63) is 42.1 Å². The highest BCUT2D eigenvalue weighted by atomic mass is 16.3. The maximum Gasteiger partial charge on any atom is 0.109 e. The Morgan fingerprint density at radius 1 is 1.10 bits per heavy atom. The lowest BCUT2D eigenvalue weighted by atomic mass is 10.1. The zero-order valence-corrected chi connectivity index (χ0v) is 11.9. The van der Waals surface area contributed by atoms with Gasteiger partial charge in [-0.3, -0.25) is 9.88 Å². The molecule has 0 bridgehead atoms. The monoisotopic (exact) mass is 271 g/mol. The maximum atomic E-state index is 10.4. The Kier molecular flexibility index (Phi) is 3.96. The van der Waals surface area contributed by atoms with Gasteiger partial charge in [0.15, 0.2) is 0 Å². The molecule has 1 aliphatic rings. The van der Waals surface area contributed by atoms with Crippen molar-refractivity contribution in [1.29, 1.82) is 0 Å². The van der Waals surface area contributed by atoms with Crippen LogP contribution in [-0.2, 0) is 0 Å². The van der Waals surface area contributed by atoms with Crippen molar-refractivity contribution in [3.63, 3.8) is 0 Å². The predicted molar refractivity (Wildman–Crippen MR) is 80.6 cm³/mol. The molecule has 2 aromatic rings. The van der Waals surface area contributed by atoms with Gasteiger partial charge in [0.05, 0.1) is 11.2 Å². The van der Waals surface area contributed by atoms with E-state index in [0.29, 0.717) is 6.54 Å². The Morgan fingerprint density at radius 2 is 1.85 bits per heavy atom. The van der Waals surface area contributed by atoms with Crippen molar-refractivity contribution in [3.8, 4) is 0 Å². The van der Waals surface area contributed by atoms with E-state index >= 15 is 0 Å². The van der Waals surface area contributed by atoms with Crippen LogP contribution < -0.4 is 0 Å². The molecule has 20 heavy (non-hydrogen) atoms. The molecular formula is C16H21N3O. The smallest absolute Gasteiger partial charge is 0.109 e. The molecule has 1 N–H and O–H groups in total. The van der Waals surface area contributed by atoms with Crippen molar-refractivity contribution in [1.82, 2.24) is 14.8 Å². The third kappa shape index (κ3) is 2.98. The first-order valence-corrected chi connectivity index (χ1v) is 7.17. The number of nitrogens with zero attached hydrogens (tertiary/aromatic N) is 3. The number of β-amino-alcohol motifs (C(OH)–C–C–N with tert-alkyl or cyclic N) is 1. The van der Waals surface area contributed by atoms with Crippen LogP contribution in [0, 0.1) is 0 Å². The van der Waals surface area contributed by atoms with Crippen LogP contribution in [0.15, 0.2) is 36.4 Å². The number of aliphatic hydroxyl groups is 1. The lowest BCUT2D eigenvalue weighted by molar-refractivity contribution is 0.0785. The summed E-state index contributed by atoms with van der Waals surface area (Å²) < 4.78 is 0. The van der Waals surface area contributed by atoms with Crippen LogP contribution in [0.2, 0.25) is 0 Å². The topological polar surface area (TPSA) is 39.6 Å². The fraction of sp³-hybridized carbons (Fsp3) is 0.438. The summed E-state index contributed by atoms with van der Waals surface area (Å²) in [5, 5.41) is 11.5. The molecule has 1 aromatic carbocycles. The molecule has 106 valence electrons. The zero-order valence-electron chi connectivity index (χ0n) is 11.9. The summed E-state index contributed by atoms with van der Waals surface area (Å²) >= 11 is 0. The molecule has 0 saturated carbocycles. The number of hydrogen-bond donors (Lipinski definition) is 1. The number of fused-ring (bicyclic) bond motifs is 1. The van der Waals surface area contributed by atoms with Gasteiger partial charge in [-0.15, -0.1) is 0 Å². The predicted octanol–water partition coefficient (Wildman–Crippen LogP) is 1.52. The van der Waals surface area contributed by atoms with Crippen LogP contribution in [0.25, 0.3) is 10.9 Å². The quantitative estimate of drug-likeness (QED) is 0.918. The van der Waals surface area contributed by atoms with E-state index in [4.69, 9.17) is 0 Å². The number of aliphatic hydroxyl groups excluding tert-OH is 1. The van der Waals surface area contributed by atoms with E-state index in [1.165, 1.54) is 0 Å². The van der Waals surface area contributed by atoms with Gasteiger partial charge in [0.2, 0.25) is 0 Å². The summed E-state index contributed by atoms with van der Waals surface area (Å²) in [4.78, 5) is 9.19. The molecule has 0 amide bonds. The average molecular weight is 271 g/mol.